The fourth-order valence-corrected chi connectivity index (χ4v) is 0.640. The van der Waals surface area contributed by atoms with Crippen LogP contribution in [-0.2, 0) is 6.54 Å². The summed E-state index contributed by atoms with van der Waals surface area (Å²) < 4.78 is 1.91. The number of aryl methyl sites for hydroxylation is 1. The Labute approximate surface area is 49.9 Å². The molecule has 1 heterocycles. The van der Waals surface area contributed by atoms with Crippen LogP contribution in [0.1, 0.15) is 6.92 Å². The summed E-state index contributed by atoms with van der Waals surface area (Å²) in [4.78, 5) is 0. The summed E-state index contributed by atoms with van der Waals surface area (Å²) in [6.07, 6.45) is 3.89. The molecule has 0 saturated heterocycles. The zero-order valence-electron chi connectivity index (χ0n) is 5.26. The molecule has 0 saturated carbocycles. The molecule has 0 aliphatic heterocycles. The van der Waals surface area contributed by atoms with Crippen LogP contribution < -0.4 is 5.46 Å². The van der Waals surface area contributed by atoms with Gasteiger partial charge in [0.1, 0.15) is 7.85 Å². The van der Waals surface area contributed by atoms with E-state index in [1.807, 2.05) is 24.9 Å². The highest BCUT2D eigenvalue weighted by Gasteiger charge is 1.86. The molecule has 0 amide bonds. The molecule has 1 aromatic heterocycles. The van der Waals surface area contributed by atoms with Gasteiger partial charge in [0.15, 0.2) is 0 Å². The highest BCUT2D eigenvalue weighted by molar-refractivity contribution is 6.31. The van der Waals surface area contributed by atoms with E-state index in [2.05, 4.69) is 12.0 Å². The van der Waals surface area contributed by atoms with Crippen molar-refractivity contribution in [2.45, 2.75) is 13.5 Å². The van der Waals surface area contributed by atoms with E-state index < -0.39 is 0 Å². The maximum Gasteiger partial charge on any atom is 0.143 e. The number of aromatic nitrogens is 2. The predicted octanol–water partition coefficient (Wildman–Crippen LogP) is -0.839. The van der Waals surface area contributed by atoms with Crippen LogP contribution in [0, 0.1) is 0 Å². The van der Waals surface area contributed by atoms with Gasteiger partial charge >= 0.3 is 0 Å². The standard InChI is InChI=1S/C5H9BN2/c1-2-8-4-5(6)3-7-8/h3-4H,2,6H2,1H3. The van der Waals surface area contributed by atoms with Crippen LogP contribution in [-0.4, -0.2) is 17.6 Å². The average Bonchev–Trinajstić information content (AvgIpc) is 2.14. The van der Waals surface area contributed by atoms with E-state index in [1.54, 1.807) is 0 Å². The van der Waals surface area contributed by atoms with Crippen LogP contribution in [0.25, 0.3) is 0 Å². The summed E-state index contributed by atoms with van der Waals surface area (Å²) >= 11 is 0. The van der Waals surface area contributed by atoms with Gasteiger partial charge in [-0.3, -0.25) is 4.68 Å². The lowest BCUT2D eigenvalue weighted by atomic mass is 10.0. The molecule has 8 heavy (non-hydrogen) atoms. The molecule has 0 atom stereocenters. The fourth-order valence-electron chi connectivity index (χ4n) is 0.640. The Bertz CT molecular complexity index is 171. The van der Waals surface area contributed by atoms with Crippen molar-refractivity contribution in [2.75, 3.05) is 0 Å². The van der Waals surface area contributed by atoms with E-state index in [0.717, 1.165) is 6.54 Å². The van der Waals surface area contributed by atoms with Gasteiger partial charge in [0.25, 0.3) is 0 Å². The van der Waals surface area contributed by atoms with E-state index in [0.29, 0.717) is 0 Å². The third kappa shape index (κ3) is 0.913. The molecule has 0 radical (unpaired) electrons. The van der Waals surface area contributed by atoms with Gasteiger partial charge in [0.2, 0.25) is 0 Å². The summed E-state index contributed by atoms with van der Waals surface area (Å²) in [5, 5.41) is 4.05. The quantitative estimate of drug-likeness (QED) is 0.429. The lowest BCUT2D eigenvalue weighted by Crippen LogP contribution is -1.97. The number of nitrogens with zero attached hydrogens (tertiary/aromatic N) is 2. The Balaban J connectivity index is 2.84. The van der Waals surface area contributed by atoms with Crippen molar-refractivity contribution in [3.63, 3.8) is 0 Å². The third-order valence-corrected chi connectivity index (χ3v) is 1.09. The molecule has 0 unspecified atom stereocenters. The first kappa shape index (κ1) is 5.41. The first-order chi connectivity index (χ1) is 3.83. The second-order valence-electron chi connectivity index (χ2n) is 1.87. The van der Waals surface area contributed by atoms with Gasteiger partial charge in [-0.05, 0) is 6.92 Å². The summed E-state index contributed by atoms with van der Waals surface area (Å²) in [6.45, 7) is 3.04. The lowest BCUT2D eigenvalue weighted by molar-refractivity contribution is 0.660. The summed E-state index contributed by atoms with van der Waals surface area (Å²) in [5.74, 6) is 0. The van der Waals surface area contributed by atoms with Gasteiger partial charge in [-0.2, -0.15) is 5.10 Å². The number of rotatable bonds is 1. The van der Waals surface area contributed by atoms with Crippen LogP contribution in [0.5, 0.6) is 0 Å². The SMILES string of the molecule is Bc1cnn(CC)c1. The minimum atomic E-state index is 0.966. The Morgan fingerprint density at radius 2 is 2.62 bits per heavy atom. The maximum absolute atomic E-state index is 4.05. The van der Waals surface area contributed by atoms with E-state index in [9.17, 15) is 0 Å². The molecule has 0 N–H and O–H groups in total. The smallest absolute Gasteiger partial charge is 0.143 e. The predicted molar refractivity (Wildman–Crippen MR) is 36.1 cm³/mol. The second kappa shape index (κ2) is 2.03. The van der Waals surface area contributed by atoms with E-state index in [1.165, 1.54) is 5.46 Å². The Kier molecular flexibility index (Phi) is 1.37. The van der Waals surface area contributed by atoms with E-state index in [-0.39, 0.29) is 0 Å². The molecule has 0 fully saturated rings. The molecular weight excluding hydrogens is 98.9 g/mol. The summed E-state index contributed by atoms with van der Waals surface area (Å²) in [5.41, 5.74) is 1.23. The van der Waals surface area contributed by atoms with E-state index >= 15 is 0 Å². The molecular formula is C5H9BN2. The molecule has 3 heteroatoms. The van der Waals surface area contributed by atoms with Gasteiger partial charge in [-0.1, -0.05) is 5.46 Å². The molecule has 0 aromatic carbocycles. The zero-order chi connectivity index (χ0) is 5.98. The van der Waals surface area contributed by atoms with Crippen molar-refractivity contribution in [2.24, 2.45) is 0 Å². The molecule has 0 aliphatic rings. The first-order valence-electron chi connectivity index (χ1n) is 2.82. The van der Waals surface area contributed by atoms with Crippen molar-refractivity contribution in [3.05, 3.63) is 12.4 Å². The van der Waals surface area contributed by atoms with Gasteiger partial charge in [0, 0.05) is 18.9 Å². The molecule has 0 spiro atoms. The number of hydrogen-bond acceptors (Lipinski definition) is 1. The van der Waals surface area contributed by atoms with Gasteiger partial charge in [0.05, 0.1) is 0 Å². The number of hydrogen-bond donors (Lipinski definition) is 0. The highest BCUT2D eigenvalue weighted by atomic mass is 15.3. The van der Waals surface area contributed by atoms with E-state index in [4.69, 9.17) is 0 Å². The van der Waals surface area contributed by atoms with Crippen molar-refractivity contribution in [3.8, 4) is 0 Å². The minimum absolute atomic E-state index is 0.966. The fraction of sp³-hybridized carbons (Fsp3) is 0.400. The monoisotopic (exact) mass is 108 g/mol. The van der Waals surface area contributed by atoms with Gasteiger partial charge in [-0.15, -0.1) is 0 Å². The molecule has 42 valence electrons. The van der Waals surface area contributed by atoms with Crippen molar-refractivity contribution in [1.82, 2.24) is 9.78 Å². The van der Waals surface area contributed by atoms with Crippen LogP contribution in [0.4, 0.5) is 0 Å². The van der Waals surface area contributed by atoms with Crippen molar-refractivity contribution in [1.29, 1.82) is 0 Å². The minimum Gasteiger partial charge on any atom is -0.274 e. The average molecular weight is 108 g/mol. The third-order valence-electron chi connectivity index (χ3n) is 1.09. The highest BCUT2D eigenvalue weighted by Crippen LogP contribution is 1.76. The maximum atomic E-state index is 4.05. The normalized spacial score (nSPS) is 9.62. The first-order valence-corrected chi connectivity index (χ1v) is 2.82. The van der Waals surface area contributed by atoms with Gasteiger partial charge < -0.3 is 0 Å². The largest absolute Gasteiger partial charge is 0.274 e. The molecule has 0 aliphatic carbocycles. The van der Waals surface area contributed by atoms with Crippen LogP contribution in [0.2, 0.25) is 0 Å². The van der Waals surface area contributed by atoms with Crippen molar-refractivity contribution < 1.29 is 0 Å². The Hall–Kier alpha value is -0.725. The summed E-state index contributed by atoms with van der Waals surface area (Å²) in [7, 11) is 2.04. The molecule has 1 aromatic rings. The topological polar surface area (TPSA) is 17.8 Å². The second-order valence-corrected chi connectivity index (χ2v) is 1.87. The van der Waals surface area contributed by atoms with Crippen LogP contribution in [0.15, 0.2) is 12.4 Å². The van der Waals surface area contributed by atoms with Crippen molar-refractivity contribution >= 4 is 13.3 Å². The molecule has 0 bridgehead atoms. The van der Waals surface area contributed by atoms with Gasteiger partial charge in [-0.25, -0.2) is 0 Å². The zero-order valence-corrected chi connectivity index (χ0v) is 5.26. The van der Waals surface area contributed by atoms with Crippen LogP contribution in [0.3, 0.4) is 0 Å². The Morgan fingerprint density at radius 1 is 1.88 bits per heavy atom. The molecule has 2 nitrogen and oxygen atoms in total. The summed E-state index contributed by atoms with van der Waals surface area (Å²) in [6, 6.07) is 0. The van der Waals surface area contributed by atoms with Crippen LogP contribution >= 0.6 is 0 Å². The molecule has 1 rings (SSSR count). The Morgan fingerprint density at radius 3 is 2.88 bits per heavy atom. The lowest BCUT2D eigenvalue weighted by Gasteiger charge is -1.88.